The first kappa shape index (κ1) is 13.1. The molecule has 0 atom stereocenters. The number of nitrogens with zero attached hydrogens (tertiary/aromatic N) is 2. The average Bonchev–Trinajstić information content (AvgIpc) is 2.49. The number of hydrogen-bond acceptors (Lipinski definition) is 4. The highest BCUT2D eigenvalue weighted by atomic mass is 16.3. The van der Waals surface area contributed by atoms with Gasteiger partial charge in [0.2, 0.25) is 5.88 Å². The summed E-state index contributed by atoms with van der Waals surface area (Å²) in [6.45, 7) is 0. The Morgan fingerprint density at radius 1 is 1.05 bits per heavy atom. The minimum Gasteiger partial charge on any atom is -0.493 e. The first-order valence-corrected chi connectivity index (χ1v) is 6.51. The van der Waals surface area contributed by atoms with Crippen molar-refractivity contribution >= 4 is 0 Å². The van der Waals surface area contributed by atoms with Gasteiger partial charge >= 0.3 is 0 Å². The van der Waals surface area contributed by atoms with Gasteiger partial charge in [0.25, 0.3) is 5.56 Å². The number of H-pyrrole nitrogens is 1. The van der Waals surface area contributed by atoms with Crippen LogP contribution in [0.2, 0.25) is 0 Å². The van der Waals surface area contributed by atoms with Gasteiger partial charge in [-0.1, -0.05) is 36.4 Å². The Kier molecular flexibility index (Phi) is 3.47. The summed E-state index contributed by atoms with van der Waals surface area (Å²) in [5.41, 5.74) is 1.22. The van der Waals surface area contributed by atoms with Gasteiger partial charge in [0.05, 0.1) is 0 Å². The van der Waals surface area contributed by atoms with Crippen LogP contribution in [-0.2, 0) is 6.42 Å². The van der Waals surface area contributed by atoms with Crippen molar-refractivity contribution in [3.8, 4) is 17.0 Å². The third-order valence-electron chi connectivity index (χ3n) is 3.09. The largest absolute Gasteiger partial charge is 0.493 e. The van der Waals surface area contributed by atoms with Gasteiger partial charge in [0.1, 0.15) is 11.4 Å². The predicted molar refractivity (Wildman–Crippen MR) is 79.0 cm³/mol. The molecule has 3 rings (SSSR count). The summed E-state index contributed by atoms with van der Waals surface area (Å²) in [6, 6.07) is 14.5. The number of aromatic hydroxyl groups is 1. The molecule has 0 unspecified atom stereocenters. The van der Waals surface area contributed by atoms with Crippen LogP contribution in [0.1, 0.15) is 11.5 Å². The van der Waals surface area contributed by atoms with Gasteiger partial charge in [-0.3, -0.25) is 9.78 Å². The van der Waals surface area contributed by atoms with Gasteiger partial charge in [-0.05, 0) is 17.7 Å². The number of nitrogens with one attached hydrogen (secondary N) is 1. The Bertz CT molecular complexity index is 799. The highest BCUT2D eigenvalue weighted by Crippen LogP contribution is 2.22. The molecule has 104 valence electrons. The second-order valence-electron chi connectivity index (χ2n) is 4.58. The molecule has 21 heavy (non-hydrogen) atoms. The first-order valence-electron chi connectivity index (χ1n) is 6.51. The van der Waals surface area contributed by atoms with Crippen LogP contribution in [0, 0.1) is 0 Å². The highest BCUT2D eigenvalue weighted by Gasteiger charge is 2.13. The van der Waals surface area contributed by atoms with E-state index in [0.717, 1.165) is 5.69 Å². The molecule has 0 fully saturated rings. The van der Waals surface area contributed by atoms with Crippen molar-refractivity contribution in [3.63, 3.8) is 0 Å². The summed E-state index contributed by atoms with van der Waals surface area (Å²) in [5.74, 6) is 0.117. The molecular weight excluding hydrogens is 266 g/mol. The monoisotopic (exact) mass is 279 g/mol. The van der Waals surface area contributed by atoms with Crippen molar-refractivity contribution in [1.82, 2.24) is 15.0 Å². The topological polar surface area (TPSA) is 78.9 Å². The lowest BCUT2D eigenvalue weighted by molar-refractivity contribution is 0.450. The van der Waals surface area contributed by atoms with Crippen molar-refractivity contribution in [1.29, 1.82) is 0 Å². The summed E-state index contributed by atoms with van der Waals surface area (Å²) >= 11 is 0. The maximum atomic E-state index is 12.2. The van der Waals surface area contributed by atoms with Crippen molar-refractivity contribution in [2.24, 2.45) is 0 Å². The Morgan fingerprint density at radius 3 is 2.48 bits per heavy atom. The molecule has 0 aliphatic rings. The van der Waals surface area contributed by atoms with Crippen LogP contribution in [-0.4, -0.2) is 20.1 Å². The molecule has 2 N–H and O–H groups in total. The molecule has 0 aliphatic carbocycles. The number of pyridine rings is 1. The standard InChI is InChI=1S/C16H13N3O2/c20-15-14(11-6-2-1-3-7-11)16(21)19-13(18-15)10-12-8-4-5-9-17-12/h1-9H,10H2,(H2,18,19,20,21). The fourth-order valence-electron chi connectivity index (χ4n) is 2.13. The van der Waals surface area contributed by atoms with Crippen LogP contribution in [0.15, 0.2) is 59.5 Å². The van der Waals surface area contributed by atoms with E-state index in [0.29, 0.717) is 17.8 Å². The smallest absolute Gasteiger partial charge is 0.262 e. The van der Waals surface area contributed by atoms with Crippen LogP contribution in [0.4, 0.5) is 0 Å². The van der Waals surface area contributed by atoms with E-state index in [1.54, 1.807) is 30.5 Å². The Morgan fingerprint density at radius 2 is 1.81 bits per heavy atom. The number of benzene rings is 1. The third-order valence-corrected chi connectivity index (χ3v) is 3.09. The molecule has 1 aromatic carbocycles. The predicted octanol–water partition coefficient (Wildman–Crippen LogP) is 2.13. The van der Waals surface area contributed by atoms with Crippen LogP contribution < -0.4 is 5.56 Å². The molecule has 0 spiro atoms. The molecule has 0 bridgehead atoms. The van der Waals surface area contributed by atoms with Crippen molar-refractivity contribution in [2.45, 2.75) is 6.42 Å². The lowest BCUT2D eigenvalue weighted by Crippen LogP contribution is -2.14. The van der Waals surface area contributed by atoms with E-state index in [-0.39, 0.29) is 17.0 Å². The summed E-state index contributed by atoms with van der Waals surface area (Å²) < 4.78 is 0. The Balaban J connectivity index is 1.99. The summed E-state index contributed by atoms with van der Waals surface area (Å²) in [5, 5.41) is 10.1. The number of aromatic nitrogens is 3. The molecule has 2 aromatic heterocycles. The normalized spacial score (nSPS) is 10.5. The highest BCUT2D eigenvalue weighted by molar-refractivity contribution is 5.66. The van der Waals surface area contributed by atoms with E-state index >= 15 is 0 Å². The van der Waals surface area contributed by atoms with Gasteiger partial charge in [-0.2, -0.15) is 4.98 Å². The molecule has 3 aromatic rings. The van der Waals surface area contributed by atoms with Crippen LogP contribution in [0.3, 0.4) is 0 Å². The van der Waals surface area contributed by atoms with Crippen LogP contribution in [0.5, 0.6) is 5.88 Å². The Hall–Kier alpha value is -2.95. The SMILES string of the molecule is O=c1[nH]c(Cc2ccccn2)nc(O)c1-c1ccccc1. The van der Waals surface area contributed by atoms with Crippen molar-refractivity contribution < 1.29 is 5.11 Å². The zero-order valence-electron chi connectivity index (χ0n) is 11.2. The van der Waals surface area contributed by atoms with E-state index in [1.165, 1.54) is 0 Å². The second kappa shape index (κ2) is 5.58. The lowest BCUT2D eigenvalue weighted by atomic mass is 10.1. The van der Waals surface area contributed by atoms with Crippen LogP contribution >= 0.6 is 0 Å². The minimum atomic E-state index is -0.361. The third kappa shape index (κ3) is 2.81. The fourth-order valence-corrected chi connectivity index (χ4v) is 2.13. The zero-order chi connectivity index (χ0) is 14.7. The second-order valence-corrected chi connectivity index (χ2v) is 4.58. The van der Waals surface area contributed by atoms with Gasteiger partial charge in [0.15, 0.2) is 0 Å². The maximum Gasteiger partial charge on any atom is 0.262 e. The lowest BCUT2D eigenvalue weighted by Gasteiger charge is -2.06. The number of hydrogen-bond donors (Lipinski definition) is 2. The molecule has 5 heteroatoms. The first-order chi connectivity index (χ1) is 10.2. The minimum absolute atomic E-state index is 0.181. The zero-order valence-corrected chi connectivity index (χ0v) is 11.2. The van der Waals surface area contributed by atoms with Crippen LogP contribution in [0.25, 0.3) is 11.1 Å². The fraction of sp³-hybridized carbons (Fsp3) is 0.0625. The Labute approximate surface area is 121 Å². The molecule has 0 saturated carbocycles. The molecule has 0 aliphatic heterocycles. The molecule has 0 amide bonds. The van der Waals surface area contributed by atoms with E-state index in [1.807, 2.05) is 24.3 Å². The van der Waals surface area contributed by atoms with E-state index in [4.69, 9.17) is 0 Å². The van der Waals surface area contributed by atoms with Crippen molar-refractivity contribution in [2.75, 3.05) is 0 Å². The van der Waals surface area contributed by atoms with E-state index < -0.39 is 0 Å². The summed E-state index contributed by atoms with van der Waals surface area (Å²) in [6.07, 6.45) is 2.03. The molecule has 2 heterocycles. The average molecular weight is 279 g/mol. The van der Waals surface area contributed by atoms with Gasteiger partial charge in [-0.25, -0.2) is 0 Å². The van der Waals surface area contributed by atoms with Gasteiger partial charge < -0.3 is 10.1 Å². The number of aromatic amines is 1. The molecule has 0 radical (unpaired) electrons. The quantitative estimate of drug-likeness (QED) is 0.769. The van der Waals surface area contributed by atoms with E-state index in [9.17, 15) is 9.90 Å². The maximum absolute atomic E-state index is 12.2. The number of rotatable bonds is 3. The molecular formula is C16H13N3O2. The molecule has 0 saturated heterocycles. The van der Waals surface area contributed by atoms with Crippen molar-refractivity contribution in [3.05, 3.63) is 76.6 Å². The van der Waals surface area contributed by atoms with E-state index in [2.05, 4.69) is 15.0 Å². The van der Waals surface area contributed by atoms with Gasteiger partial charge in [0, 0.05) is 18.3 Å². The summed E-state index contributed by atoms with van der Waals surface area (Å²) in [7, 11) is 0. The van der Waals surface area contributed by atoms with Gasteiger partial charge in [-0.15, -0.1) is 0 Å². The summed E-state index contributed by atoms with van der Waals surface area (Å²) in [4.78, 5) is 23.1. The molecule has 5 nitrogen and oxygen atoms in total.